The van der Waals surface area contributed by atoms with Crippen LogP contribution in [-0.2, 0) is 14.3 Å². The number of carbonyl (C=O) groups excluding carboxylic acids is 3. The van der Waals surface area contributed by atoms with E-state index in [-0.39, 0.29) is 30.3 Å². The van der Waals surface area contributed by atoms with E-state index in [2.05, 4.69) is 5.32 Å². The van der Waals surface area contributed by atoms with Crippen LogP contribution in [0.2, 0.25) is 0 Å². The minimum absolute atomic E-state index is 0.0717. The van der Waals surface area contributed by atoms with E-state index >= 15 is 0 Å². The fourth-order valence-corrected chi connectivity index (χ4v) is 2.66. The van der Waals surface area contributed by atoms with E-state index in [9.17, 15) is 14.4 Å². The number of carbonyl (C=O) groups is 3. The lowest BCUT2D eigenvalue weighted by Gasteiger charge is -2.21. The van der Waals surface area contributed by atoms with Gasteiger partial charge in [0.05, 0.1) is 25.0 Å². The second kappa shape index (κ2) is 10.1. The molecular formula is C21H24N2O5. The van der Waals surface area contributed by atoms with Crippen molar-refractivity contribution in [2.75, 3.05) is 30.5 Å². The highest BCUT2D eigenvalue weighted by atomic mass is 16.5. The number of amides is 2. The molecule has 2 rings (SSSR count). The summed E-state index contributed by atoms with van der Waals surface area (Å²) in [5.74, 6) is -0.303. The van der Waals surface area contributed by atoms with Gasteiger partial charge >= 0.3 is 5.97 Å². The summed E-state index contributed by atoms with van der Waals surface area (Å²) in [6.07, 6.45) is 0.0717. The predicted molar refractivity (Wildman–Crippen MR) is 107 cm³/mol. The molecule has 0 fully saturated rings. The molecule has 0 saturated heterocycles. The molecule has 0 spiro atoms. The Morgan fingerprint density at radius 3 is 2.32 bits per heavy atom. The highest BCUT2D eigenvalue weighted by molar-refractivity contribution is 6.01. The monoisotopic (exact) mass is 384 g/mol. The third kappa shape index (κ3) is 5.57. The van der Waals surface area contributed by atoms with Crippen LogP contribution in [0.25, 0.3) is 0 Å². The molecule has 2 aromatic rings. The summed E-state index contributed by atoms with van der Waals surface area (Å²) in [6.45, 7) is 4.10. The van der Waals surface area contributed by atoms with Crippen LogP contribution in [0.4, 0.5) is 11.4 Å². The van der Waals surface area contributed by atoms with E-state index in [1.807, 2.05) is 6.92 Å². The molecule has 0 heterocycles. The molecule has 2 aromatic carbocycles. The number of hydrogen-bond acceptors (Lipinski definition) is 5. The summed E-state index contributed by atoms with van der Waals surface area (Å²) in [5, 5.41) is 2.70. The number of nitrogens with zero attached hydrogens (tertiary/aromatic N) is 1. The molecule has 0 saturated carbocycles. The maximum Gasteiger partial charge on any atom is 0.339 e. The molecule has 0 bridgehead atoms. The van der Waals surface area contributed by atoms with E-state index in [0.717, 1.165) is 0 Å². The van der Waals surface area contributed by atoms with Gasteiger partial charge in [-0.05, 0) is 43.3 Å². The number of nitrogens with one attached hydrogen (secondary N) is 1. The van der Waals surface area contributed by atoms with Crippen molar-refractivity contribution in [3.63, 3.8) is 0 Å². The zero-order valence-electron chi connectivity index (χ0n) is 16.2. The number of hydrogen-bond donors (Lipinski definition) is 1. The Balaban J connectivity index is 2.03. The first kappa shape index (κ1) is 21.0. The summed E-state index contributed by atoms with van der Waals surface area (Å²) in [7, 11) is 1.28. The SMILES string of the molecule is CCOc1ccc(N(CCC(=O)Nc2ccccc2C(=O)OC)C(C)=O)cc1. The van der Waals surface area contributed by atoms with Crippen LogP contribution in [0.1, 0.15) is 30.6 Å². The molecule has 0 aliphatic carbocycles. The van der Waals surface area contributed by atoms with Gasteiger partial charge in [-0.2, -0.15) is 0 Å². The lowest BCUT2D eigenvalue weighted by atomic mass is 10.1. The van der Waals surface area contributed by atoms with Crippen LogP contribution in [0.15, 0.2) is 48.5 Å². The lowest BCUT2D eigenvalue weighted by molar-refractivity contribution is -0.117. The van der Waals surface area contributed by atoms with Gasteiger partial charge in [0.15, 0.2) is 0 Å². The Morgan fingerprint density at radius 2 is 1.71 bits per heavy atom. The van der Waals surface area contributed by atoms with Gasteiger partial charge in [0.1, 0.15) is 5.75 Å². The quantitative estimate of drug-likeness (QED) is 0.706. The molecule has 1 N–H and O–H groups in total. The Hall–Kier alpha value is -3.35. The Labute approximate surface area is 164 Å². The van der Waals surface area contributed by atoms with Crippen molar-refractivity contribution in [1.82, 2.24) is 0 Å². The van der Waals surface area contributed by atoms with E-state index in [0.29, 0.717) is 23.7 Å². The number of benzene rings is 2. The van der Waals surface area contributed by atoms with Gasteiger partial charge in [-0.1, -0.05) is 12.1 Å². The molecule has 0 unspecified atom stereocenters. The van der Waals surface area contributed by atoms with Crippen LogP contribution in [0, 0.1) is 0 Å². The van der Waals surface area contributed by atoms with Crippen molar-refractivity contribution in [2.45, 2.75) is 20.3 Å². The fraction of sp³-hybridized carbons (Fsp3) is 0.286. The summed E-state index contributed by atoms with van der Waals surface area (Å²) >= 11 is 0. The molecule has 28 heavy (non-hydrogen) atoms. The Morgan fingerprint density at radius 1 is 1.04 bits per heavy atom. The summed E-state index contributed by atoms with van der Waals surface area (Å²) in [5.41, 5.74) is 1.32. The van der Waals surface area contributed by atoms with Crippen molar-refractivity contribution >= 4 is 29.2 Å². The lowest BCUT2D eigenvalue weighted by Crippen LogP contribution is -2.32. The third-order valence-corrected chi connectivity index (χ3v) is 4.01. The number of ether oxygens (including phenoxy) is 2. The van der Waals surface area contributed by atoms with Gasteiger partial charge < -0.3 is 19.7 Å². The third-order valence-electron chi connectivity index (χ3n) is 4.01. The summed E-state index contributed by atoms with van der Waals surface area (Å²) in [4.78, 5) is 37.7. The molecule has 7 heteroatoms. The summed E-state index contributed by atoms with van der Waals surface area (Å²) in [6, 6.07) is 13.7. The molecule has 0 aliphatic rings. The molecule has 0 aromatic heterocycles. The molecule has 148 valence electrons. The van der Waals surface area contributed by atoms with Gasteiger partial charge in [-0.15, -0.1) is 0 Å². The summed E-state index contributed by atoms with van der Waals surface area (Å²) < 4.78 is 10.1. The second-order valence-electron chi connectivity index (χ2n) is 5.93. The van der Waals surface area contributed by atoms with E-state index in [1.165, 1.54) is 18.9 Å². The molecular weight excluding hydrogens is 360 g/mol. The maximum atomic E-state index is 12.4. The number of esters is 1. The molecule has 0 radical (unpaired) electrons. The van der Waals surface area contributed by atoms with Gasteiger partial charge in [-0.3, -0.25) is 9.59 Å². The van der Waals surface area contributed by atoms with Crippen molar-refractivity contribution in [2.24, 2.45) is 0 Å². The van der Waals surface area contributed by atoms with Crippen LogP contribution in [0.3, 0.4) is 0 Å². The Bertz CT molecular complexity index is 833. The Kier molecular flexibility index (Phi) is 7.56. The molecule has 2 amide bonds. The number of methoxy groups -OCH3 is 1. The van der Waals surface area contributed by atoms with Crippen LogP contribution < -0.4 is 15.0 Å². The average molecular weight is 384 g/mol. The maximum absolute atomic E-state index is 12.4. The largest absolute Gasteiger partial charge is 0.494 e. The van der Waals surface area contributed by atoms with Crippen LogP contribution >= 0.6 is 0 Å². The first-order valence-corrected chi connectivity index (χ1v) is 8.94. The first-order valence-electron chi connectivity index (χ1n) is 8.94. The molecule has 0 atom stereocenters. The van der Waals surface area contributed by atoms with Gasteiger partial charge in [0.2, 0.25) is 11.8 Å². The minimum Gasteiger partial charge on any atom is -0.494 e. The number of para-hydroxylation sites is 1. The normalized spacial score (nSPS) is 10.1. The zero-order valence-corrected chi connectivity index (χ0v) is 16.2. The second-order valence-corrected chi connectivity index (χ2v) is 5.93. The first-order chi connectivity index (χ1) is 13.5. The van der Waals surface area contributed by atoms with Gasteiger partial charge in [0, 0.05) is 25.6 Å². The molecule has 7 nitrogen and oxygen atoms in total. The van der Waals surface area contributed by atoms with E-state index in [1.54, 1.807) is 48.5 Å². The van der Waals surface area contributed by atoms with Crippen molar-refractivity contribution in [3.05, 3.63) is 54.1 Å². The molecule has 0 aliphatic heterocycles. The topological polar surface area (TPSA) is 84.9 Å². The number of rotatable bonds is 8. The fourth-order valence-electron chi connectivity index (χ4n) is 2.66. The number of anilines is 2. The minimum atomic E-state index is -0.532. The standard InChI is InChI=1S/C21H24N2O5/c1-4-28-17-11-9-16(10-12-17)23(15(2)24)14-13-20(25)22-19-8-6-5-7-18(19)21(26)27-3/h5-12H,4,13-14H2,1-3H3,(H,22,25). The zero-order chi connectivity index (χ0) is 20.5. The predicted octanol–water partition coefficient (Wildman–Crippen LogP) is 3.25. The van der Waals surface area contributed by atoms with Crippen molar-refractivity contribution in [1.29, 1.82) is 0 Å². The average Bonchev–Trinajstić information content (AvgIpc) is 2.69. The highest BCUT2D eigenvalue weighted by Gasteiger charge is 2.16. The van der Waals surface area contributed by atoms with E-state index < -0.39 is 5.97 Å². The van der Waals surface area contributed by atoms with Crippen molar-refractivity contribution < 1.29 is 23.9 Å². The van der Waals surface area contributed by atoms with Crippen LogP contribution in [-0.4, -0.2) is 38.0 Å². The van der Waals surface area contributed by atoms with E-state index in [4.69, 9.17) is 9.47 Å². The van der Waals surface area contributed by atoms with Crippen molar-refractivity contribution in [3.8, 4) is 5.75 Å². The van der Waals surface area contributed by atoms with Gasteiger partial charge in [0.25, 0.3) is 0 Å². The van der Waals surface area contributed by atoms with Crippen LogP contribution in [0.5, 0.6) is 5.75 Å². The highest BCUT2D eigenvalue weighted by Crippen LogP contribution is 2.21. The smallest absolute Gasteiger partial charge is 0.339 e. The van der Waals surface area contributed by atoms with Gasteiger partial charge in [-0.25, -0.2) is 4.79 Å².